The molecule has 2 aliphatic rings. The molecule has 0 fully saturated rings. The summed E-state index contributed by atoms with van der Waals surface area (Å²) in [5.74, 6) is 0.303. The highest BCUT2D eigenvalue weighted by Gasteiger charge is 2.32. The molecular weight excluding hydrogens is 785 g/mol. The summed E-state index contributed by atoms with van der Waals surface area (Å²) in [4.78, 5) is 25.5. The standard InChI is InChI=1S/C52H64O6S2/c1-37(33-45(59(55,56)43-21-13-11-14-22-43)35-39(3)25-27-47-41(5)49(53)29-31-51(47,7)8)19-17-18-20-38(2)34-46(60(57,58)44-23-15-12-16-24-44)36-40(4)26-28-48-42(6)50(54)30-32-52(48,9)10/h11-28,35-36,45-46H,29-34H2,1-10H3/b18-17+,27-25+,28-26+,37-19+,38-20+,39-35+,40-36+. The van der Waals surface area contributed by atoms with E-state index in [9.17, 15) is 26.4 Å². The lowest BCUT2D eigenvalue weighted by Crippen LogP contribution is -2.24. The van der Waals surface area contributed by atoms with E-state index in [2.05, 4.69) is 27.7 Å². The zero-order chi connectivity index (χ0) is 44.5. The zero-order valence-electron chi connectivity index (χ0n) is 37.2. The van der Waals surface area contributed by atoms with Gasteiger partial charge in [-0.2, -0.15) is 0 Å². The topological polar surface area (TPSA) is 102 Å². The lowest BCUT2D eigenvalue weighted by Gasteiger charge is -2.32. The number of rotatable bonds is 16. The number of ketones is 2. The lowest BCUT2D eigenvalue weighted by molar-refractivity contribution is -0.117. The Kier molecular flexibility index (Phi) is 16.2. The van der Waals surface area contributed by atoms with Crippen molar-refractivity contribution in [2.75, 3.05) is 0 Å². The normalized spacial score (nSPS) is 19.9. The molecule has 0 spiro atoms. The highest BCUT2D eigenvalue weighted by molar-refractivity contribution is 7.92. The number of allylic oxidation sites excluding steroid dienone is 16. The Hall–Kier alpha value is -4.66. The van der Waals surface area contributed by atoms with Crippen LogP contribution in [0.2, 0.25) is 0 Å². The molecule has 0 bridgehead atoms. The van der Waals surface area contributed by atoms with Crippen LogP contribution in [0, 0.1) is 10.8 Å². The molecule has 2 atom stereocenters. The second-order valence-corrected chi connectivity index (χ2v) is 22.1. The van der Waals surface area contributed by atoms with Crippen molar-refractivity contribution < 1.29 is 26.4 Å². The summed E-state index contributed by atoms with van der Waals surface area (Å²) in [6.45, 7) is 19.9. The van der Waals surface area contributed by atoms with Gasteiger partial charge in [0.05, 0.1) is 20.3 Å². The number of hydrogen-bond donors (Lipinski definition) is 0. The van der Waals surface area contributed by atoms with Gasteiger partial charge in [0.15, 0.2) is 31.2 Å². The van der Waals surface area contributed by atoms with Crippen LogP contribution >= 0.6 is 0 Å². The van der Waals surface area contributed by atoms with Crippen LogP contribution < -0.4 is 0 Å². The SMILES string of the molecule is CC1=C(/C=C/C(C)=C/C(C/C(C)=C/C=C/C=C(\C)CC(/C=C(C)/C=C/C2=C(C)C(=O)CCC2(C)C)S(=O)(=O)c2ccccc2)S(=O)(=O)c2ccccc2)C(C)(C)CCC1=O. The number of Topliss-reactive ketones (excluding diaryl/α,β-unsaturated/α-hetero) is 2. The van der Waals surface area contributed by atoms with E-state index in [4.69, 9.17) is 0 Å². The van der Waals surface area contributed by atoms with E-state index in [0.717, 1.165) is 57.4 Å². The zero-order valence-corrected chi connectivity index (χ0v) is 38.8. The molecule has 8 heteroatoms. The predicted molar refractivity (Wildman–Crippen MR) is 248 cm³/mol. The molecule has 2 aromatic rings. The quantitative estimate of drug-likeness (QED) is 0.156. The minimum absolute atomic E-state index is 0.151. The van der Waals surface area contributed by atoms with Gasteiger partial charge < -0.3 is 0 Å². The van der Waals surface area contributed by atoms with E-state index < -0.39 is 30.2 Å². The third-order valence-corrected chi connectivity index (χ3v) is 15.9. The first kappa shape index (κ1) is 48.0. The van der Waals surface area contributed by atoms with E-state index in [1.54, 1.807) is 72.8 Å². The van der Waals surface area contributed by atoms with Gasteiger partial charge in [0.25, 0.3) is 0 Å². The average Bonchev–Trinajstić information content (AvgIpc) is 3.19. The molecule has 0 aliphatic heterocycles. The van der Waals surface area contributed by atoms with Crippen molar-refractivity contribution in [3.05, 3.63) is 166 Å². The van der Waals surface area contributed by atoms with Crippen LogP contribution in [0.5, 0.6) is 0 Å². The van der Waals surface area contributed by atoms with Gasteiger partial charge in [0, 0.05) is 12.8 Å². The van der Waals surface area contributed by atoms with E-state index in [-0.39, 0.29) is 45.0 Å². The molecule has 0 radical (unpaired) electrons. The van der Waals surface area contributed by atoms with Crippen LogP contribution in [-0.2, 0) is 29.3 Å². The molecule has 2 unspecified atom stereocenters. The average molecular weight is 849 g/mol. The Labute approximate surface area is 360 Å². The van der Waals surface area contributed by atoms with Crippen molar-refractivity contribution in [1.82, 2.24) is 0 Å². The van der Waals surface area contributed by atoms with Gasteiger partial charge in [-0.25, -0.2) is 16.8 Å². The fourth-order valence-corrected chi connectivity index (χ4v) is 11.5. The summed E-state index contributed by atoms with van der Waals surface area (Å²) in [6, 6.07) is 17.0. The van der Waals surface area contributed by atoms with E-state index in [0.29, 0.717) is 12.8 Å². The molecule has 0 amide bonds. The first-order chi connectivity index (χ1) is 28.1. The van der Waals surface area contributed by atoms with Gasteiger partial charge in [-0.3, -0.25) is 9.59 Å². The number of hydrogen-bond acceptors (Lipinski definition) is 6. The second kappa shape index (κ2) is 20.3. The van der Waals surface area contributed by atoms with Crippen molar-refractivity contribution in [2.45, 2.75) is 128 Å². The van der Waals surface area contributed by atoms with Crippen LogP contribution in [-0.4, -0.2) is 38.9 Å². The Morgan fingerprint density at radius 3 is 1.25 bits per heavy atom. The minimum atomic E-state index is -3.74. The first-order valence-corrected chi connectivity index (χ1v) is 23.9. The molecular formula is C52H64O6S2. The number of sulfone groups is 2. The molecule has 0 aromatic heterocycles. The highest BCUT2D eigenvalue weighted by atomic mass is 32.2. The van der Waals surface area contributed by atoms with Gasteiger partial charge >= 0.3 is 0 Å². The summed E-state index contributed by atoms with van der Waals surface area (Å²) < 4.78 is 56.1. The number of carbonyl (C=O) groups excluding carboxylic acids is 2. The van der Waals surface area contributed by atoms with E-state index >= 15 is 0 Å². The molecule has 2 aromatic carbocycles. The maximum absolute atomic E-state index is 14.0. The van der Waals surface area contributed by atoms with Crippen LogP contribution in [0.3, 0.4) is 0 Å². The summed E-state index contributed by atoms with van der Waals surface area (Å²) >= 11 is 0. The molecule has 6 nitrogen and oxygen atoms in total. The van der Waals surface area contributed by atoms with Crippen LogP contribution in [0.25, 0.3) is 0 Å². The van der Waals surface area contributed by atoms with E-state index in [1.165, 1.54) is 0 Å². The van der Waals surface area contributed by atoms with Gasteiger partial charge in [0.1, 0.15) is 0 Å². The Morgan fingerprint density at radius 2 is 0.917 bits per heavy atom. The lowest BCUT2D eigenvalue weighted by atomic mass is 9.72. The summed E-state index contributed by atoms with van der Waals surface area (Å²) in [5.41, 5.74) is 6.47. The highest BCUT2D eigenvalue weighted by Crippen LogP contribution is 2.41. The third kappa shape index (κ3) is 12.4. The Morgan fingerprint density at radius 1 is 0.583 bits per heavy atom. The Balaban J connectivity index is 1.59. The predicted octanol–water partition coefficient (Wildman–Crippen LogP) is 12.3. The fourth-order valence-electron chi connectivity index (χ4n) is 7.94. The smallest absolute Gasteiger partial charge is 0.185 e. The first-order valence-electron chi connectivity index (χ1n) is 20.9. The van der Waals surface area contributed by atoms with Crippen LogP contribution in [0.1, 0.15) is 108 Å². The molecule has 0 N–H and O–H groups in total. The molecule has 4 rings (SSSR count). The summed E-state index contributed by atoms with van der Waals surface area (Å²) in [6.07, 6.45) is 22.0. The molecule has 0 saturated carbocycles. The van der Waals surface area contributed by atoms with E-state index in [1.807, 2.05) is 90.2 Å². The maximum Gasteiger partial charge on any atom is 0.185 e. The molecule has 2 aliphatic carbocycles. The van der Waals surface area contributed by atoms with Crippen molar-refractivity contribution in [2.24, 2.45) is 10.8 Å². The van der Waals surface area contributed by atoms with Crippen molar-refractivity contribution in [3.8, 4) is 0 Å². The van der Waals surface area contributed by atoms with Gasteiger partial charge in [-0.05, 0) is 125 Å². The Bertz CT molecular complexity index is 2260. The number of benzene rings is 2. The third-order valence-electron chi connectivity index (χ3n) is 11.8. The molecule has 0 saturated heterocycles. The van der Waals surface area contributed by atoms with Gasteiger partial charge in [0.2, 0.25) is 0 Å². The molecule has 60 heavy (non-hydrogen) atoms. The second-order valence-electron chi connectivity index (χ2n) is 17.8. The number of carbonyl (C=O) groups is 2. The summed E-state index contributed by atoms with van der Waals surface area (Å²) in [7, 11) is -7.48. The van der Waals surface area contributed by atoms with Gasteiger partial charge in [-0.1, -0.05) is 147 Å². The molecule has 320 valence electrons. The van der Waals surface area contributed by atoms with Crippen molar-refractivity contribution in [1.29, 1.82) is 0 Å². The van der Waals surface area contributed by atoms with Crippen molar-refractivity contribution in [3.63, 3.8) is 0 Å². The van der Waals surface area contributed by atoms with Crippen LogP contribution in [0.4, 0.5) is 0 Å². The monoisotopic (exact) mass is 848 g/mol. The molecule has 0 heterocycles. The van der Waals surface area contributed by atoms with Crippen LogP contribution in [0.15, 0.2) is 176 Å². The maximum atomic E-state index is 14.0. The fraction of sp³-hybridized carbons (Fsp3) is 0.385. The van der Waals surface area contributed by atoms with Crippen molar-refractivity contribution >= 4 is 31.2 Å². The minimum Gasteiger partial charge on any atom is -0.295 e. The summed E-state index contributed by atoms with van der Waals surface area (Å²) in [5, 5.41) is -1.67. The van der Waals surface area contributed by atoms with Gasteiger partial charge in [-0.15, -0.1) is 0 Å². The largest absolute Gasteiger partial charge is 0.295 e.